The molecule has 0 atom stereocenters. The highest BCUT2D eigenvalue weighted by atomic mass is 14.3. The van der Waals surface area contributed by atoms with Crippen molar-refractivity contribution in [2.75, 3.05) is 0 Å². The van der Waals surface area contributed by atoms with E-state index in [-0.39, 0.29) is 0 Å². The minimum atomic E-state index is 1.20. The highest BCUT2D eigenvalue weighted by Gasteiger charge is 2.23. The monoisotopic (exact) mass is 742 g/mol. The molecule has 9 aromatic carbocycles. The summed E-state index contributed by atoms with van der Waals surface area (Å²) in [5, 5.41) is 0. The molecule has 0 nitrogen and oxygen atoms in total. The normalized spacial score (nSPS) is 11.1. The summed E-state index contributed by atoms with van der Waals surface area (Å²) in [7, 11) is 0. The lowest BCUT2D eigenvalue weighted by atomic mass is 9.80. The van der Waals surface area contributed by atoms with Crippen LogP contribution in [0.15, 0.2) is 206 Å². The molecule has 0 radical (unpaired) electrons. The van der Waals surface area contributed by atoms with Crippen LogP contribution >= 0.6 is 0 Å². The zero-order chi connectivity index (χ0) is 39.6. The summed E-state index contributed by atoms with van der Waals surface area (Å²) in [5.74, 6) is 0. The Hall–Kier alpha value is -7.02. The topological polar surface area (TPSA) is 0 Å². The fourth-order valence-electron chi connectivity index (χ4n) is 8.30. The molecule has 0 aliphatic carbocycles. The molecule has 0 bridgehead atoms. The molecule has 0 fully saturated rings. The van der Waals surface area contributed by atoms with Gasteiger partial charge in [-0.05, 0) is 129 Å². The lowest BCUT2D eigenvalue weighted by Crippen LogP contribution is -1.97. The largest absolute Gasteiger partial charge is 0.0616 e. The van der Waals surface area contributed by atoms with Gasteiger partial charge in [0.05, 0.1) is 0 Å². The van der Waals surface area contributed by atoms with E-state index in [0.29, 0.717) is 0 Å². The summed E-state index contributed by atoms with van der Waals surface area (Å²) in [4.78, 5) is 0. The Balaban J connectivity index is 1.42. The lowest BCUT2D eigenvalue weighted by molar-refractivity contribution is 1.46. The van der Waals surface area contributed by atoms with Crippen molar-refractivity contribution in [2.24, 2.45) is 0 Å². The summed E-state index contributed by atoms with van der Waals surface area (Å²) in [5.41, 5.74) is 24.2. The van der Waals surface area contributed by atoms with Crippen molar-refractivity contribution in [2.45, 2.75) is 27.7 Å². The van der Waals surface area contributed by atoms with Crippen LogP contribution in [0.1, 0.15) is 22.3 Å². The van der Waals surface area contributed by atoms with Crippen LogP contribution in [0.2, 0.25) is 0 Å². The van der Waals surface area contributed by atoms with E-state index in [0.717, 1.165) is 0 Å². The van der Waals surface area contributed by atoms with Crippen LogP contribution in [0.25, 0.3) is 89.0 Å². The SMILES string of the molecule is Cc1ccc(-c2ccccc2-c2cc(-c3ccccc3-c3ccc(C)cc3)c(-c3ccccc3-c3ccc(C)cc3)cc2-c2ccccc2-c2ccc(C)cc2)cc1. The maximum Gasteiger partial charge on any atom is -0.00923 e. The van der Waals surface area contributed by atoms with Crippen LogP contribution in [0.4, 0.5) is 0 Å². The van der Waals surface area contributed by atoms with E-state index in [1.165, 1.54) is 111 Å². The zero-order valence-corrected chi connectivity index (χ0v) is 33.6. The van der Waals surface area contributed by atoms with E-state index in [1.54, 1.807) is 0 Å². The second-order valence-electron chi connectivity index (χ2n) is 15.6. The van der Waals surface area contributed by atoms with Crippen LogP contribution < -0.4 is 0 Å². The van der Waals surface area contributed by atoms with Crippen molar-refractivity contribution < 1.29 is 0 Å². The maximum atomic E-state index is 2.49. The first-order chi connectivity index (χ1) is 28.4. The molecule has 0 N–H and O–H groups in total. The molecule has 9 rings (SSSR count). The van der Waals surface area contributed by atoms with Crippen LogP contribution in [0, 0.1) is 27.7 Å². The van der Waals surface area contributed by atoms with Crippen LogP contribution in [0.3, 0.4) is 0 Å². The van der Waals surface area contributed by atoms with E-state index >= 15 is 0 Å². The minimum absolute atomic E-state index is 1.20. The molecule has 278 valence electrons. The molecule has 0 aliphatic heterocycles. The molecule has 0 amide bonds. The minimum Gasteiger partial charge on any atom is -0.0616 e. The molecule has 0 aromatic heterocycles. The first-order valence-electron chi connectivity index (χ1n) is 20.2. The van der Waals surface area contributed by atoms with Crippen molar-refractivity contribution >= 4 is 0 Å². The molecule has 58 heavy (non-hydrogen) atoms. The average molecular weight is 743 g/mol. The van der Waals surface area contributed by atoms with Crippen molar-refractivity contribution in [3.8, 4) is 89.0 Å². The van der Waals surface area contributed by atoms with Crippen molar-refractivity contribution in [1.82, 2.24) is 0 Å². The molecule has 0 unspecified atom stereocenters. The second-order valence-corrected chi connectivity index (χ2v) is 15.6. The average Bonchev–Trinajstić information content (AvgIpc) is 3.27. The molecule has 0 heterocycles. The third kappa shape index (κ3) is 7.22. The van der Waals surface area contributed by atoms with Gasteiger partial charge in [0.1, 0.15) is 0 Å². The first-order valence-corrected chi connectivity index (χ1v) is 20.2. The number of aryl methyl sites for hydroxylation is 4. The van der Waals surface area contributed by atoms with E-state index in [1.807, 2.05) is 0 Å². The van der Waals surface area contributed by atoms with Gasteiger partial charge in [0.25, 0.3) is 0 Å². The fourth-order valence-corrected chi connectivity index (χ4v) is 8.30. The van der Waals surface area contributed by atoms with Gasteiger partial charge in [-0.25, -0.2) is 0 Å². The summed E-state index contributed by atoms with van der Waals surface area (Å²) in [6.07, 6.45) is 0. The Morgan fingerprint density at radius 1 is 0.172 bits per heavy atom. The van der Waals surface area contributed by atoms with E-state index in [9.17, 15) is 0 Å². The molecule has 0 saturated carbocycles. The van der Waals surface area contributed by atoms with Gasteiger partial charge in [-0.2, -0.15) is 0 Å². The summed E-state index contributed by atoms with van der Waals surface area (Å²) < 4.78 is 0. The molecular weight excluding hydrogens is 697 g/mol. The molecule has 0 saturated heterocycles. The number of hydrogen-bond acceptors (Lipinski definition) is 0. The van der Waals surface area contributed by atoms with Crippen LogP contribution in [0.5, 0.6) is 0 Å². The summed E-state index contributed by atoms with van der Waals surface area (Å²) in [6.45, 7) is 8.61. The van der Waals surface area contributed by atoms with Crippen molar-refractivity contribution in [1.29, 1.82) is 0 Å². The Kier molecular flexibility index (Phi) is 10.0. The van der Waals surface area contributed by atoms with Crippen molar-refractivity contribution in [3.05, 3.63) is 229 Å². The highest BCUT2D eigenvalue weighted by molar-refractivity contribution is 6.04. The van der Waals surface area contributed by atoms with Gasteiger partial charge < -0.3 is 0 Å². The molecule has 9 aromatic rings. The third-order valence-corrected chi connectivity index (χ3v) is 11.5. The Bertz CT molecular complexity index is 2470. The Morgan fingerprint density at radius 3 is 0.534 bits per heavy atom. The molecule has 0 aliphatic rings. The number of hydrogen-bond donors (Lipinski definition) is 0. The second kappa shape index (κ2) is 15.8. The van der Waals surface area contributed by atoms with Gasteiger partial charge in [0, 0.05) is 0 Å². The molecule has 0 spiro atoms. The zero-order valence-electron chi connectivity index (χ0n) is 33.6. The Labute approximate surface area is 343 Å². The van der Waals surface area contributed by atoms with Gasteiger partial charge in [0.2, 0.25) is 0 Å². The molecule has 0 heteroatoms. The van der Waals surface area contributed by atoms with Crippen LogP contribution in [-0.2, 0) is 0 Å². The first kappa shape index (κ1) is 36.6. The predicted molar refractivity (Wildman–Crippen MR) is 249 cm³/mol. The van der Waals surface area contributed by atoms with Gasteiger partial charge in [-0.3, -0.25) is 0 Å². The smallest absolute Gasteiger partial charge is 0.00923 e. The maximum absolute atomic E-state index is 2.49. The third-order valence-electron chi connectivity index (χ3n) is 11.5. The van der Waals surface area contributed by atoms with Gasteiger partial charge >= 0.3 is 0 Å². The van der Waals surface area contributed by atoms with E-state index in [2.05, 4.69) is 234 Å². The van der Waals surface area contributed by atoms with Crippen LogP contribution in [-0.4, -0.2) is 0 Å². The highest BCUT2D eigenvalue weighted by Crippen LogP contribution is 2.49. The van der Waals surface area contributed by atoms with Gasteiger partial charge in [0.15, 0.2) is 0 Å². The number of benzene rings is 9. The van der Waals surface area contributed by atoms with Gasteiger partial charge in [-0.1, -0.05) is 216 Å². The quantitative estimate of drug-likeness (QED) is 0.145. The lowest BCUT2D eigenvalue weighted by Gasteiger charge is -2.23. The van der Waals surface area contributed by atoms with E-state index in [4.69, 9.17) is 0 Å². The van der Waals surface area contributed by atoms with Gasteiger partial charge in [-0.15, -0.1) is 0 Å². The predicted octanol–water partition coefficient (Wildman–Crippen LogP) is 16.3. The standard InChI is InChI=1S/C58H46/c1-39-21-29-43(30-22-39)47-13-5-9-17-51(47)55-37-57(53-19-11-7-15-49(53)45-33-25-41(3)26-34-45)58(54-20-12-8-16-50(54)46-35-27-42(4)28-36-46)38-56(55)52-18-10-6-14-48(52)44-31-23-40(2)24-32-44/h5-38H,1-4H3. The van der Waals surface area contributed by atoms with Crippen molar-refractivity contribution in [3.63, 3.8) is 0 Å². The fraction of sp³-hybridized carbons (Fsp3) is 0.0690. The van der Waals surface area contributed by atoms with E-state index < -0.39 is 0 Å². The summed E-state index contributed by atoms with van der Waals surface area (Å²) >= 11 is 0. The number of rotatable bonds is 8. The molecular formula is C58H46. The summed E-state index contributed by atoms with van der Waals surface area (Å²) in [6, 6.07) is 76.5. The Morgan fingerprint density at radius 2 is 0.345 bits per heavy atom.